The van der Waals surface area contributed by atoms with Crippen molar-refractivity contribution in [3.63, 3.8) is 0 Å². The van der Waals surface area contributed by atoms with Crippen molar-refractivity contribution in [1.82, 2.24) is 15.0 Å². The summed E-state index contributed by atoms with van der Waals surface area (Å²) in [7, 11) is 0. The Morgan fingerprint density at radius 1 is 1.35 bits per heavy atom. The van der Waals surface area contributed by atoms with Crippen molar-refractivity contribution in [3.05, 3.63) is 35.9 Å². The lowest BCUT2D eigenvalue weighted by Crippen LogP contribution is -2.04. The van der Waals surface area contributed by atoms with E-state index >= 15 is 0 Å². The SMILES string of the molecule is CCc1nc(N)c(C)c(Oc2cccnc2)n1. The molecular formula is C12H14N4O. The van der Waals surface area contributed by atoms with Crippen molar-refractivity contribution in [1.29, 1.82) is 0 Å². The Labute approximate surface area is 99.7 Å². The predicted molar refractivity (Wildman–Crippen MR) is 64.9 cm³/mol. The summed E-state index contributed by atoms with van der Waals surface area (Å²) in [6.07, 6.45) is 4.03. The molecule has 5 heteroatoms. The van der Waals surface area contributed by atoms with Crippen LogP contribution in [0.4, 0.5) is 5.82 Å². The molecule has 0 amide bonds. The summed E-state index contributed by atoms with van der Waals surface area (Å²) in [5.74, 6) is 2.25. The van der Waals surface area contributed by atoms with Crippen LogP contribution in [0, 0.1) is 6.92 Å². The van der Waals surface area contributed by atoms with Crippen LogP contribution in [0.3, 0.4) is 0 Å². The van der Waals surface area contributed by atoms with Gasteiger partial charge in [-0.05, 0) is 19.1 Å². The van der Waals surface area contributed by atoms with Gasteiger partial charge in [-0.15, -0.1) is 0 Å². The van der Waals surface area contributed by atoms with E-state index in [-0.39, 0.29) is 0 Å². The van der Waals surface area contributed by atoms with Gasteiger partial charge >= 0.3 is 0 Å². The number of ether oxygens (including phenoxy) is 1. The molecule has 2 N–H and O–H groups in total. The zero-order valence-corrected chi connectivity index (χ0v) is 9.84. The highest BCUT2D eigenvalue weighted by molar-refractivity contribution is 5.45. The zero-order valence-electron chi connectivity index (χ0n) is 9.84. The molecule has 0 bridgehead atoms. The fraction of sp³-hybridized carbons (Fsp3) is 0.250. The van der Waals surface area contributed by atoms with Gasteiger partial charge in [-0.3, -0.25) is 4.98 Å². The maximum absolute atomic E-state index is 5.80. The average molecular weight is 230 g/mol. The predicted octanol–water partition coefficient (Wildman–Crippen LogP) is 2.12. The first kappa shape index (κ1) is 11.3. The molecule has 17 heavy (non-hydrogen) atoms. The second-order valence-corrected chi connectivity index (χ2v) is 3.60. The van der Waals surface area contributed by atoms with Gasteiger partial charge in [0.2, 0.25) is 5.88 Å². The molecule has 0 saturated heterocycles. The molecule has 0 unspecified atom stereocenters. The molecular weight excluding hydrogens is 216 g/mol. The molecule has 88 valence electrons. The summed E-state index contributed by atoms with van der Waals surface area (Å²) in [5.41, 5.74) is 6.55. The van der Waals surface area contributed by atoms with E-state index < -0.39 is 0 Å². The van der Waals surface area contributed by atoms with E-state index in [1.807, 2.05) is 19.9 Å². The van der Waals surface area contributed by atoms with Crippen LogP contribution in [-0.2, 0) is 6.42 Å². The number of aryl methyl sites for hydroxylation is 1. The highest BCUT2D eigenvalue weighted by Gasteiger charge is 2.09. The molecule has 0 spiro atoms. The Hall–Kier alpha value is -2.17. The van der Waals surface area contributed by atoms with E-state index in [0.29, 0.717) is 29.7 Å². The molecule has 0 atom stereocenters. The number of hydrogen-bond acceptors (Lipinski definition) is 5. The van der Waals surface area contributed by atoms with E-state index in [1.165, 1.54) is 0 Å². The smallest absolute Gasteiger partial charge is 0.227 e. The number of nitrogens with two attached hydrogens (primary N) is 1. The molecule has 2 rings (SSSR count). The minimum atomic E-state index is 0.454. The van der Waals surface area contributed by atoms with Gasteiger partial charge in [0.1, 0.15) is 17.4 Å². The summed E-state index contributed by atoms with van der Waals surface area (Å²) in [6.45, 7) is 3.80. The lowest BCUT2D eigenvalue weighted by atomic mass is 10.3. The van der Waals surface area contributed by atoms with Crippen molar-refractivity contribution < 1.29 is 4.74 Å². The van der Waals surface area contributed by atoms with E-state index in [4.69, 9.17) is 10.5 Å². The van der Waals surface area contributed by atoms with E-state index in [9.17, 15) is 0 Å². The zero-order chi connectivity index (χ0) is 12.3. The molecule has 5 nitrogen and oxygen atoms in total. The summed E-state index contributed by atoms with van der Waals surface area (Å²) < 4.78 is 5.64. The van der Waals surface area contributed by atoms with Gasteiger partial charge in [-0.1, -0.05) is 6.92 Å². The van der Waals surface area contributed by atoms with Gasteiger partial charge in [0, 0.05) is 12.6 Å². The van der Waals surface area contributed by atoms with Gasteiger partial charge in [-0.25, -0.2) is 4.98 Å². The van der Waals surface area contributed by atoms with Crippen LogP contribution in [0.1, 0.15) is 18.3 Å². The van der Waals surface area contributed by atoms with Crippen LogP contribution in [0.5, 0.6) is 11.6 Å². The third kappa shape index (κ3) is 2.50. The quantitative estimate of drug-likeness (QED) is 0.874. The third-order valence-corrected chi connectivity index (χ3v) is 2.35. The number of rotatable bonds is 3. The molecule has 0 fully saturated rings. The molecule has 0 aliphatic carbocycles. The largest absolute Gasteiger partial charge is 0.437 e. The maximum atomic E-state index is 5.80. The standard InChI is InChI=1S/C12H14N4O/c1-3-10-15-11(13)8(2)12(16-10)17-9-5-4-6-14-7-9/h4-7H,3H2,1-2H3,(H2,13,15,16). The van der Waals surface area contributed by atoms with Crippen LogP contribution >= 0.6 is 0 Å². The van der Waals surface area contributed by atoms with Crippen molar-refractivity contribution in [2.24, 2.45) is 0 Å². The Bertz CT molecular complexity index is 513. The van der Waals surface area contributed by atoms with Crippen LogP contribution < -0.4 is 10.5 Å². The first-order chi connectivity index (χ1) is 8.20. The van der Waals surface area contributed by atoms with Crippen molar-refractivity contribution in [3.8, 4) is 11.6 Å². The van der Waals surface area contributed by atoms with Crippen molar-refractivity contribution in [2.75, 3.05) is 5.73 Å². The lowest BCUT2D eigenvalue weighted by molar-refractivity contribution is 0.453. The molecule has 0 saturated carbocycles. The van der Waals surface area contributed by atoms with Gasteiger partial charge in [0.25, 0.3) is 0 Å². The second-order valence-electron chi connectivity index (χ2n) is 3.60. The topological polar surface area (TPSA) is 73.9 Å². The van der Waals surface area contributed by atoms with Gasteiger partial charge in [0.05, 0.1) is 11.8 Å². The lowest BCUT2D eigenvalue weighted by Gasteiger charge is -2.09. The second kappa shape index (κ2) is 4.78. The van der Waals surface area contributed by atoms with Crippen LogP contribution in [-0.4, -0.2) is 15.0 Å². The van der Waals surface area contributed by atoms with E-state index in [0.717, 1.165) is 5.56 Å². The van der Waals surface area contributed by atoms with Crippen molar-refractivity contribution >= 4 is 5.82 Å². The number of anilines is 1. The maximum Gasteiger partial charge on any atom is 0.227 e. The summed E-state index contributed by atoms with van der Waals surface area (Å²) in [4.78, 5) is 12.4. The molecule has 2 heterocycles. The van der Waals surface area contributed by atoms with Crippen LogP contribution in [0.25, 0.3) is 0 Å². The Balaban J connectivity index is 2.35. The van der Waals surface area contributed by atoms with E-state index in [1.54, 1.807) is 18.5 Å². The fourth-order valence-electron chi connectivity index (χ4n) is 1.34. The Morgan fingerprint density at radius 2 is 2.18 bits per heavy atom. The molecule has 0 aliphatic heterocycles. The van der Waals surface area contributed by atoms with Gasteiger partial charge < -0.3 is 10.5 Å². The summed E-state index contributed by atoms with van der Waals surface area (Å²) in [6, 6.07) is 3.62. The first-order valence-electron chi connectivity index (χ1n) is 5.41. The number of aromatic nitrogens is 3. The molecule has 2 aromatic heterocycles. The summed E-state index contributed by atoms with van der Waals surface area (Å²) in [5, 5.41) is 0. The fourth-order valence-corrected chi connectivity index (χ4v) is 1.34. The first-order valence-corrected chi connectivity index (χ1v) is 5.41. The number of pyridine rings is 1. The van der Waals surface area contributed by atoms with Crippen molar-refractivity contribution in [2.45, 2.75) is 20.3 Å². The normalized spacial score (nSPS) is 10.2. The number of nitrogen functional groups attached to an aromatic ring is 1. The Kier molecular flexibility index (Phi) is 3.18. The van der Waals surface area contributed by atoms with E-state index in [2.05, 4.69) is 15.0 Å². The number of nitrogens with zero attached hydrogens (tertiary/aromatic N) is 3. The molecule has 0 aromatic carbocycles. The minimum Gasteiger partial charge on any atom is -0.437 e. The monoisotopic (exact) mass is 230 g/mol. The minimum absolute atomic E-state index is 0.454. The molecule has 0 radical (unpaired) electrons. The molecule has 2 aromatic rings. The van der Waals surface area contributed by atoms with Gasteiger partial charge in [0.15, 0.2) is 0 Å². The number of hydrogen-bond donors (Lipinski definition) is 1. The highest BCUT2D eigenvalue weighted by atomic mass is 16.5. The highest BCUT2D eigenvalue weighted by Crippen LogP contribution is 2.24. The van der Waals surface area contributed by atoms with Gasteiger partial charge in [-0.2, -0.15) is 4.98 Å². The van der Waals surface area contributed by atoms with Crippen LogP contribution in [0.2, 0.25) is 0 Å². The average Bonchev–Trinajstić information content (AvgIpc) is 2.36. The third-order valence-electron chi connectivity index (χ3n) is 2.35. The van der Waals surface area contributed by atoms with Crippen LogP contribution in [0.15, 0.2) is 24.5 Å². The Morgan fingerprint density at radius 3 is 2.82 bits per heavy atom. The molecule has 0 aliphatic rings. The summed E-state index contributed by atoms with van der Waals surface area (Å²) >= 11 is 0.